The number of esters is 1. The van der Waals surface area contributed by atoms with E-state index in [1.807, 2.05) is 0 Å². The van der Waals surface area contributed by atoms with Gasteiger partial charge in [0.2, 0.25) is 0 Å². The second kappa shape index (κ2) is 11.8. The van der Waals surface area contributed by atoms with Crippen LogP contribution in [-0.4, -0.2) is 36.7 Å². The van der Waals surface area contributed by atoms with Gasteiger partial charge in [-0.15, -0.1) is 0 Å². The topological polar surface area (TPSA) is 129 Å². The van der Waals surface area contributed by atoms with E-state index >= 15 is 0 Å². The van der Waals surface area contributed by atoms with Gasteiger partial charge in [-0.25, -0.2) is 10.2 Å². The Bertz CT molecular complexity index is 1300. The summed E-state index contributed by atoms with van der Waals surface area (Å²) >= 11 is 11.8. The Hall–Kier alpha value is -4.15. The quantitative estimate of drug-likeness (QED) is 0.143. The van der Waals surface area contributed by atoms with Crippen LogP contribution in [0.4, 0.5) is 5.69 Å². The smallest absolute Gasteiger partial charge is 0.343 e. The fourth-order valence-electron chi connectivity index (χ4n) is 2.72. The summed E-state index contributed by atoms with van der Waals surface area (Å²) in [7, 11) is 1.40. The molecule has 0 saturated carbocycles. The summed E-state index contributed by atoms with van der Waals surface area (Å²) < 4.78 is 15.8. The summed E-state index contributed by atoms with van der Waals surface area (Å²) in [5.41, 5.74) is 2.73. The van der Waals surface area contributed by atoms with Gasteiger partial charge in [0.05, 0.1) is 33.9 Å². The molecule has 0 aliphatic carbocycles. The zero-order valence-corrected chi connectivity index (χ0v) is 19.6. The van der Waals surface area contributed by atoms with Crippen LogP contribution in [0.15, 0.2) is 65.8 Å². The van der Waals surface area contributed by atoms with Crippen LogP contribution in [-0.2, 0) is 4.79 Å². The van der Waals surface area contributed by atoms with Gasteiger partial charge in [0, 0.05) is 6.07 Å². The van der Waals surface area contributed by atoms with Gasteiger partial charge in [0.1, 0.15) is 0 Å². The summed E-state index contributed by atoms with van der Waals surface area (Å²) in [4.78, 5) is 34.7. The first-order valence-electron chi connectivity index (χ1n) is 9.82. The number of amides is 1. The molecule has 10 nitrogen and oxygen atoms in total. The summed E-state index contributed by atoms with van der Waals surface area (Å²) in [6.45, 7) is -0.477. The van der Waals surface area contributed by atoms with Gasteiger partial charge in [-0.1, -0.05) is 35.3 Å². The van der Waals surface area contributed by atoms with E-state index in [1.165, 1.54) is 61.9 Å². The van der Waals surface area contributed by atoms with Crippen LogP contribution in [0.1, 0.15) is 15.9 Å². The molecule has 12 heteroatoms. The molecule has 1 amide bonds. The van der Waals surface area contributed by atoms with Crippen molar-refractivity contribution in [2.75, 3.05) is 13.7 Å². The lowest BCUT2D eigenvalue weighted by Gasteiger charge is -2.10. The second-order valence-corrected chi connectivity index (χ2v) is 7.55. The molecule has 0 spiro atoms. The third-order valence-electron chi connectivity index (χ3n) is 4.37. The molecule has 0 aromatic heterocycles. The lowest BCUT2D eigenvalue weighted by atomic mass is 10.2. The number of hydrazone groups is 1. The molecule has 3 rings (SSSR count). The normalized spacial score (nSPS) is 10.6. The molecule has 35 heavy (non-hydrogen) atoms. The summed E-state index contributed by atoms with van der Waals surface area (Å²) in [6, 6.07) is 14.7. The molecule has 0 atom stereocenters. The Kier molecular flexibility index (Phi) is 8.60. The Morgan fingerprint density at radius 2 is 1.80 bits per heavy atom. The first-order valence-corrected chi connectivity index (χ1v) is 10.6. The molecule has 1 N–H and O–H groups in total. The molecule has 0 bridgehead atoms. The highest BCUT2D eigenvalue weighted by Crippen LogP contribution is 2.29. The van der Waals surface area contributed by atoms with Gasteiger partial charge in [0.15, 0.2) is 23.9 Å². The van der Waals surface area contributed by atoms with Gasteiger partial charge in [-0.3, -0.25) is 14.9 Å². The minimum Gasteiger partial charge on any atom is -0.493 e. The van der Waals surface area contributed by atoms with Gasteiger partial charge in [-0.2, -0.15) is 5.10 Å². The van der Waals surface area contributed by atoms with E-state index in [2.05, 4.69) is 10.5 Å². The van der Waals surface area contributed by atoms with Crippen LogP contribution in [0, 0.1) is 10.1 Å². The second-order valence-electron chi connectivity index (χ2n) is 6.74. The first-order chi connectivity index (χ1) is 16.8. The Morgan fingerprint density at radius 3 is 2.51 bits per heavy atom. The van der Waals surface area contributed by atoms with E-state index in [0.717, 1.165) is 0 Å². The molecule has 3 aromatic carbocycles. The molecule has 3 aromatic rings. The number of carbonyl (C=O) groups excluding carboxylic acids is 2. The monoisotopic (exact) mass is 517 g/mol. The fourth-order valence-corrected chi connectivity index (χ4v) is 3.01. The van der Waals surface area contributed by atoms with Crippen molar-refractivity contribution in [3.05, 3.63) is 92.0 Å². The van der Waals surface area contributed by atoms with E-state index in [1.54, 1.807) is 12.1 Å². The van der Waals surface area contributed by atoms with Crippen LogP contribution >= 0.6 is 23.2 Å². The van der Waals surface area contributed by atoms with Crippen molar-refractivity contribution in [1.29, 1.82) is 0 Å². The molecule has 0 heterocycles. The van der Waals surface area contributed by atoms with Crippen LogP contribution in [0.3, 0.4) is 0 Å². The van der Waals surface area contributed by atoms with E-state index in [9.17, 15) is 19.7 Å². The van der Waals surface area contributed by atoms with Gasteiger partial charge in [0.25, 0.3) is 5.91 Å². The minimum atomic E-state index is -0.658. The van der Waals surface area contributed by atoms with E-state index < -0.39 is 23.4 Å². The highest BCUT2D eigenvalue weighted by Gasteiger charge is 2.16. The van der Waals surface area contributed by atoms with Gasteiger partial charge < -0.3 is 14.2 Å². The molecule has 0 aliphatic heterocycles. The lowest BCUT2D eigenvalue weighted by Crippen LogP contribution is -2.24. The van der Waals surface area contributed by atoms with Crippen molar-refractivity contribution in [3.8, 4) is 17.2 Å². The number of carbonyl (C=O) groups is 2. The van der Waals surface area contributed by atoms with E-state index in [0.29, 0.717) is 10.6 Å². The molecule has 0 aliphatic rings. The third-order valence-corrected chi connectivity index (χ3v) is 5.11. The molecular weight excluding hydrogens is 501 g/mol. The minimum absolute atomic E-state index is 0.0348. The van der Waals surface area contributed by atoms with Crippen molar-refractivity contribution in [1.82, 2.24) is 5.43 Å². The maximum atomic E-state index is 12.4. The van der Waals surface area contributed by atoms with E-state index in [4.69, 9.17) is 37.4 Å². The maximum Gasteiger partial charge on any atom is 0.343 e. The average Bonchev–Trinajstić information content (AvgIpc) is 2.85. The zero-order chi connectivity index (χ0) is 25.4. The largest absolute Gasteiger partial charge is 0.493 e. The Labute approximate surface area is 209 Å². The molecular formula is C23H17Cl2N3O7. The Morgan fingerprint density at radius 1 is 1.03 bits per heavy atom. The first kappa shape index (κ1) is 25.5. The fraction of sp³-hybridized carbons (Fsp3) is 0.0870. The van der Waals surface area contributed by atoms with Crippen molar-refractivity contribution >= 4 is 47.0 Å². The number of nitro benzene ring substituents is 1. The molecule has 0 radical (unpaired) electrons. The number of para-hydroxylation sites is 2. The number of hydrogen-bond donors (Lipinski definition) is 1. The van der Waals surface area contributed by atoms with Gasteiger partial charge >= 0.3 is 11.7 Å². The number of benzene rings is 3. The summed E-state index contributed by atoms with van der Waals surface area (Å²) in [5, 5.41) is 15.3. The zero-order valence-electron chi connectivity index (χ0n) is 18.1. The number of nitro groups is 1. The highest BCUT2D eigenvalue weighted by molar-refractivity contribution is 6.42. The number of rotatable bonds is 9. The average molecular weight is 518 g/mol. The standard InChI is InChI=1S/C23H17Cl2N3O7/c1-33-21-10-14(6-9-20(21)35-23(30)15-7-8-16(24)17(25)11-15)12-26-27-22(29)13-34-19-5-3-2-4-18(19)28(31)32/h2-12H,13H2,1H3,(H,27,29)/b26-12-. The predicted molar refractivity (Wildman–Crippen MR) is 129 cm³/mol. The van der Waals surface area contributed by atoms with Crippen LogP contribution in [0.5, 0.6) is 17.2 Å². The summed E-state index contributed by atoms with van der Waals surface area (Å²) in [5.74, 6) is -0.920. The maximum absolute atomic E-state index is 12.4. The van der Waals surface area contributed by atoms with Crippen molar-refractivity contribution in [2.45, 2.75) is 0 Å². The molecule has 0 unspecified atom stereocenters. The van der Waals surface area contributed by atoms with Crippen molar-refractivity contribution in [3.63, 3.8) is 0 Å². The van der Waals surface area contributed by atoms with Gasteiger partial charge in [-0.05, 0) is 48.0 Å². The number of halogens is 2. The van der Waals surface area contributed by atoms with Crippen LogP contribution in [0.2, 0.25) is 10.0 Å². The van der Waals surface area contributed by atoms with Crippen molar-refractivity contribution < 1.29 is 28.7 Å². The molecule has 180 valence electrons. The summed E-state index contributed by atoms with van der Waals surface area (Å²) in [6.07, 6.45) is 1.33. The van der Waals surface area contributed by atoms with Crippen LogP contribution in [0.25, 0.3) is 0 Å². The number of methoxy groups -OCH3 is 1. The highest BCUT2D eigenvalue weighted by atomic mass is 35.5. The number of ether oxygens (including phenoxy) is 3. The lowest BCUT2D eigenvalue weighted by molar-refractivity contribution is -0.385. The number of nitrogens with zero attached hydrogens (tertiary/aromatic N) is 2. The van der Waals surface area contributed by atoms with E-state index in [-0.39, 0.29) is 33.5 Å². The van der Waals surface area contributed by atoms with Crippen molar-refractivity contribution in [2.24, 2.45) is 5.10 Å². The SMILES string of the molecule is COc1cc(/C=N\NC(=O)COc2ccccc2[N+](=O)[O-])ccc1OC(=O)c1ccc(Cl)c(Cl)c1. The molecule has 0 saturated heterocycles. The number of nitrogens with one attached hydrogen (secondary N) is 1. The number of hydrogen-bond acceptors (Lipinski definition) is 8. The third kappa shape index (κ3) is 6.92. The molecule has 0 fully saturated rings. The Balaban J connectivity index is 1.59. The predicted octanol–water partition coefficient (Wildman–Crippen LogP) is 4.66. The van der Waals surface area contributed by atoms with Crippen LogP contribution < -0.4 is 19.6 Å².